The molecule has 2 unspecified atom stereocenters. The molecule has 2 aromatic carbocycles. The zero-order chi connectivity index (χ0) is 17.3. The SMILES string of the molecule is O=C(Cc1ccc([N+](=O)[O-])cc1Cl)NC1c2ccccc2CC1O. The zero-order valence-corrected chi connectivity index (χ0v) is 13.4. The number of non-ortho nitro benzene ring substituents is 1. The van der Waals surface area contributed by atoms with Gasteiger partial charge in [0.05, 0.1) is 28.5 Å². The van der Waals surface area contributed by atoms with E-state index in [9.17, 15) is 20.0 Å². The second-order valence-electron chi connectivity index (χ2n) is 5.73. The Bertz CT molecular complexity index is 809. The van der Waals surface area contributed by atoms with Gasteiger partial charge in [-0.3, -0.25) is 14.9 Å². The third-order valence-corrected chi connectivity index (χ3v) is 4.47. The van der Waals surface area contributed by atoms with Crippen LogP contribution in [-0.4, -0.2) is 22.0 Å². The van der Waals surface area contributed by atoms with E-state index in [2.05, 4.69) is 5.32 Å². The van der Waals surface area contributed by atoms with Crippen LogP contribution in [0.3, 0.4) is 0 Å². The molecule has 24 heavy (non-hydrogen) atoms. The summed E-state index contributed by atoms with van der Waals surface area (Å²) in [7, 11) is 0. The summed E-state index contributed by atoms with van der Waals surface area (Å²) >= 11 is 6.01. The van der Waals surface area contributed by atoms with Gasteiger partial charge in [-0.1, -0.05) is 41.9 Å². The van der Waals surface area contributed by atoms with Gasteiger partial charge in [-0.05, 0) is 16.7 Å². The van der Waals surface area contributed by atoms with E-state index in [1.165, 1.54) is 18.2 Å². The third-order valence-electron chi connectivity index (χ3n) is 4.12. The predicted octanol–water partition coefficient (Wildman–Crippen LogP) is 2.57. The number of aliphatic hydroxyl groups is 1. The molecule has 7 heteroatoms. The molecule has 0 heterocycles. The summed E-state index contributed by atoms with van der Waals surface area (Å²) in [5, 5.41) is 23.9. The van der Waals surface area contributed by atoms with Crippen molar-refractivity contribution in [1.29, 1.82) is 0 Å². The summed E-state index contributed by atoms with van der Waals surface area (Å²) in [6.45, 7) is 0. The Morgan fingerprint density at radius 2 is 2.08 bits per heavy atom. The van der Waals surface area contributed by atoms with E-state index in [4.69, 9.17) is 11.6 Å². The molecule has 2 N–H and O–H groups in total. The minimum absolute atomic E-state index is 0.0117. The lowest BCUT2D eigenvalue weighted by atomic mass is 10.1. The maximum atomic E-state index is 12.3. The molecule has 2 atom stereocenters. The maximum Gasteiger partial charge on any atom is 0.270 e. The quantitative estimate of drug-likeness (QED) is 0.657. The van der Waals surface area contributed by atoms with Crippen molar-refractivity contribution in [2.45, 2.75) is 25.0 Å². The molecular formula is C17H15ClN2O4. The Kier molecular flexibility index (Phi) is 4.51. The molecular weight excluding hydrogens is 332 g/mol. The van der Waals surface area contributed by atoms with Crippen LogP contribution in [0.2, 0.25) is 5.02 Å². The van der Waals surface area contributed by atoms with Crippen LogP contribution in [-0.2, 0) is 17.6 Å². The number of benzene rings is 2. The van der Waals surface area contributed by atoms with Crippen LogP contribution < -0.4 is 5.32 Å². The van der Waals surface area contributed by atoms with Gasteiger partial charge >= 0.3 is 0 Å². The fourth-order valence-electron chi connectivity index (χ4n) is 2.94. The lowest BCUT2D eigenvalue weighted by Gasteiger charge is -2.18. The number of hydrogen-bond acceptors (Lipinski definition) is 4. The van der Waals surface area contributed by atoms with Crippen LogP contribution in [0.5, 0.6) is 0 Å². The predicted molar refractivity (Wildman–Crippen MR) is 88.8 cm³/mol. The van der Waals surface area contributed by atoms with Crippen molar-refractivity contribution >= 4 is 23.2 Å². The molecule has 124 valence electrons. The normalized spacial score (nSPS) is 18.9. The summed E-state index contributed by atoms with van der Waals surface area (Å²) < 4.78 is 0. The molecule has 0 aromatic heterocycles. The van der Waals surface area contributed by atoms with Crippen molar-refractivity contribution in [1.82, 2.24) is 5.32 Å². The van der Waals surface area contributed by atoms with Crippen molar-refractivity contribution in [3.05, 3.63) is 74.3 Å². The fourth-order valence-corrected chi connectivity index (χ4v) is 3.18. The molecule has 1 aliphatic rings. The Balaban J connectivity index is 1.71. The summed E-state index contributed by atoms with van der Waals surface area (Å²) in [6, 6.07) is 11.1. The van der Waals surface area contributed by atoms with E-state index in [-0.39, 0.29) is 23.0 Å². The number of aliphatic hydroxyl groups excluding tert-OH is 1. The first kappa shape index (κ1) is 16.4. The van der Waals surface area contributed by atoms with E-state index in [0.717, 1.165) is 11.1 Å². The van der Waals surface area contributed by atoms with Crippen molar-refractivity contribution < 1.29 is 14.8 Å². The van der Waals surface area contributed by atoms with Gasteiger partial charge in [0.25, 0.3) is 5.69 Å². The van der Waals surface area contributed by atoms with E-state index >= 15 is 0 Å². The zero-order valence-electron chi connectivity index (χ0n) is 12.6. The number of fused-ring (bicyclic) bond motifs is 1. The Morgan fingerprint density at radius 3 is 2.79 bits per heavy atom. The van der Waals surface area contributed by atoms with Crippen LogP contribution in [0, 0.1) is 10.1 Å². The lowest BCUT2D eigenvalue weighted by Crippen LogP contribution is -2.34. The molecule has 6 nitrogen and oxygen atoms in total. The highest BCUT2D eigenvalue weighted by Crippen LogP contribution is 2.31. The van der Waals surface area contributed by atoms with E-state index in [1.54, 1.807) is 0 Å². The average molecular weight is 347 g/mol. The van der Waals surface area contributed by atoms with Crippen molar-refractivity contribution in [2.75, 3.05) is 0 Å². The summed E-state index contributed by atoms with van der Waals surface area (Å²) in [6.07, 6.45) is -0.180. The number of nitro benzene ring substituents is 1. The van der Waals surface area contributed by atoms with Crippen LogP contribution in [0.15, 0.2) is 42.5 Å². The van der Waals surface area contributed by atoms with Gasteiger partial charge in [-0.2, -0.15) is 0 Å². The van der Waals surface area contributed by atoms with E-state index in [1.807, 2.05) is 24.3 Å². The van der Waals surface area contributed by atoms with E-state index in [0.29, 0.717) is 12.0 Å². The number of carbonyl (C=O) groups excluding carboxylic acids is 1. The molecule has 0 spiro atoms. The van der Waals surface area contributed by atoms with Crippen molar-refractivity contribution in [3.8, 4) is 0 Å². The molecule has 0 saturated heterocycles. The van der Waals surface area contributed by atoms with Gasteiger partial charge in [-0.15, -0.1) is 0 Å². The van der Waals surface area contributed by atoms with Crippen LogP contribution >= 0.6 is 11.6 Å². The molecule has 0 bridgehead atoms. The molecule has 2 aromatic rings. The number of hydrogen-bond donors (Lipinski definition) is 2. The number of nitrogens with zero attached hydrogens (tertiary/aromatic N) is 1. The van der Waals surface area contributed by atoms with Crippen LogP contribution in [0.1, 0.15) is 22.7 Å². The molecule has 0 radical (unpaired) electrons. The molecule has 0 aliphatic heterocycles. The number of nitro groups is 1. The van der Waals surface area contributed by atoms with Crippen molar-refractivity contribution in [2.24, 2.45) is 0 Å². The number of carbonyl (C=O) groups is 1. The summed E-state index contributed by atoms with van der Waals surface area (Å²) in [4.78, 5) is 22.4. The Hall–Kier alpha value is -2.44. The van der Waals surface area contributed by atoms with Gasteiger partial charge in [-0.25, -0.2) is 0 Å². The van der Waals surface area contributed by atoms with Gasteiger partial charge in [0.15, 0.2) is 0 Å². The first-order valence-corrected chi connectivity index (χ1v) is 7.81. The summed E-state index contributed by atoms with van der Waals surface area (Å²) in [5.41, 5.74) is 2.31. The minimum atomic E-state index is -0.668. The number of amides is 1. The minimum Gasteiger partial charge on any atom is -0.390 e. The van der Waals surface area contributed by atoms with Crippen molar-refractivity contribution in [3.63, 3.8) is 0 Å². The monoisotopic (exact) mass is 346 g/mol. The Morgan fingerprint density at radius 1 is 1.33 bits per heavy atom. The molecule has 1 amide bonds. The number of nitrogens with one attached hydrogen (secondary N) is 1. The average Bonchev–Trinajstić information content (AvgIpc) is 2.85. The highest BCUT2D eigenvalue weighted by atomic mass is 35.5. The van der Waals surface area contributed by atoms with Gasteiger partial charge in [0.2, 0.25) is 5.91 Å². The van der Waals surface area contributed by atoms with Crippen LogP contribution in [0.4, 0.5) is 5.69 Å². The number of rotatable bonds is 4. The van der Waals surface area contributed by atoms with Gasteiger partial charge < -0.3 is 10.4 Å². The largest absolute Gasteiger partial charge is 0.390 e. The smallest absolute Gasteiger partial charge is 0.270 e. The lowest BCUT2D eigenvalue weighted by molar-refractivity contribution is -0.384. The highest BCUT2D eigenvalue weighted by molar-refractivity contribution is 6.31. The Labute approximate surface area is 143 Å². The third kappa shape index (κ3) is 3.25. The maximum absolute atomic E-state index is 12.3. The first-order valence-electron chi connectivity index (χ1n) is 7.44. The number of halogens is 1. The second-order valence-corrected chi connectivity index (χ2v) is 6.13. The van der Waals surface area contributed by atoms with Crippen LogP contribution in [0.25, 0.3) is 0 Å². The standard InChI is InChI=1S/C17H15ClN2O4/c18-14-9-12(20(23)24)6-5-11(14)8-16(22)19-17-13-4-2-1-3-10(13)7-15(17)21/h1-6,9,15,17,21H,7-8H2,(H,19,22). The van der Waals surface area contributed by atoms with Gasteiger partial charge in [0.1, 0.15) is 0 Å². The molecule has 0 fully saturated rings. The highest BCUT2D eigenvalue weighted by Gasteiger charge is 2.31. The second kappa shape index (κ2) is 6.59. The van der Waals surface area contributed by atoms with Gasteiger partial charge in [0, 0.05) is 18.6 Å². The van der Waals surface area contributed by atoms with E-state index < -0.39 is 17.1 Å². The molecule has 1 aliphatic carbocycles. The molecule has 0 saturated carbocycles. The first-order chi connectivity index (χ1) is 11.5. The molecule has 3 rings (SSSR count). The topological polar surface area (TPSA) is 92.5 Å². The fraction of sp³-hybridized carbons (Fsp3) is 0.235. The summed E-state index contributed by atoms with van der Waals surface area (Å²) in [5.74, 6) is -0.300.